The van der Waals surface area contributed by atoms with Gasteiger partial charge in [0.2, 0.25) is 0 Å². The van der Waals surface area contributed by atoms with Crippen molar-refractivity contribution in [1.82, 2.24) is 0 Å². The summed E-state index contributed by atoms with van der Waals surface area (Å²) in [6.45, 7) is 7.06. The van der Waals surface area contributed by atoms with Crippen LogP contribution in [0.5, 0.6) is 0 Å². The van der Waals surface area contributed by atoms with Gasteiger partial charge in [0.25, 0.3) is 0 Å². The van der Waals surface area contributed by atoms with Crippen LogP contribution in [0.1, 0.15) is 33.8 Å². The van der Waals surface area contributed by atoms with Gasteiger partial charge < -0.3 is 0 Å². The van der Waals surface area contributed by atoms with Crippen molar-refractivity contribution in [3.63, 3.8) is 0 Å². The second-order valence-electron chi connectivity index (χ2n) is 6.61. The summed E-state index contributed by atoms with van der Waals surface area (Å²) in [6, 6.07) is 16.7. The van der Waals surface area contributed by atoms with Gasteiger partial charge in [0.15, 0.2) is 5.78 Å². The number of hydrogen-bond acceptors (Lipinski definition) is 1. The number of hydrogen-bond donors (Lipinski definition) is 0. The molecule has 20 heavy (non-hydrogen) atoms. The van der Waals surface area contributed by atoms with Gasteiger partial charge in [-0.15, -0.1) is 0 Å². The number of fused-ring (bicyclic) bond motifs is 1. The van der Waals surface area contributed by atoms with Crippen LogP contribution in [0.2, 0.25) is 19.6 Å². The van der Waals surface area contributed by atoms with Crippen LogP contribution in [0.4, 0.5) is 0 Å². The summed E-state index contributed by atoms with van der Waals surface area (Å²) in [4.78, 5) is 12.3. The number of Topliss-reactive ketones (excluding diaryl/α,β-unsaturated/α-hetero) is 1. The number of carbonyl (C=O) groups is 1. The van der Waals surface area contributed by atoms with E-state index in [2.05, 4.69) is 56.0 Å². The standard InChI is InChI=1S/C18H20OSi/c1-20(2,3)17-11-7-10-14-16(19)12-15(18(14)17)13-8-5-4-6-9-13/h4-11,15H,12H2,1-3H3/t15-/m0/s1. The molecule has 1 aliphatic rings. The van der Waals surface area contributed by atoms with E-state index in [1.807, 2.05) is 12.1 Å². The van der Waals surface area contributed by atoms with Crippen molar-refractivity contribution in [3.8, 4) is 0 Å². The third-order valence-electron chi connectivity index (χ3n) is 4.15. The second kappa shape index (κ2) is 4.71. The zero-order chi connectivity index (χ0) is 14.3. The Labute approximate surface area is 121 Å². The average Bonchev–Trinajstić information content (AvgIpc) is 2.76. The summed E-state index contributed by atoms with van der Waals surface area (Å²) >= 11 is 0. The van der Waals surface area contributed by atoms with E-state index in [1.165, 1.54) is 16.3 Å². The molecule has 0 spiro atoms. The van der Waals surface area contributed by atoms with E-state index >= 15 is 0 Å². The van der Waals surface area contributed by atoms with Gasteiger partial charge in [-0.3, -0.25) is 4.79 Å². The molecule has 0 radical (unpaired) electrons. The fraction of sp³-hybridized carbons (Fsp3) is 0.278. The Bertz CT molecular complexity index is 653. The normalized spacial score (nSPS) is 18.1. The van der Waals surface area contributed by atoms with E-state index in [9.17, 15) is 4.79 Å². The van der Waals surface area contributed by atoms with Crippen LogP contribution in [0.25, 0.3) is 0 Å². The van der Waals surface area contributed by atoms with Gasteiger partial charge in [-0.05, 0) is 11.1 Å². The Morgan fingerprint density at radius 3 is 2.30 bits per heavy atom. The van der Waals surface area contributed by atoms with Gasteiger partial charge in [-0.2, -0.15) is 0 Å². The highest BCUT2D eigenvalue weighted by Crippen LogP contribution is 2.37. The smallest absolute Gasteiger partial charge is 0.164 e. The van der Waals surface area contributed by atoms with Crippen molar-refractivity contribution < 1.29 is 4.79 Å². The number of ketones is 1. The molecule has 1 atom stereocenters. The summed E-state index contributed by atoms with van der Waals surface area (Å²) in [5.41, 5.74) is 3.53. The van der Waals surface area contributed by atoms with Crippen LogP contribution in [0, 0.1) is 0 Å². The molecular weight excluding hydrogens is 260 g/mol. The summed E-state index contributed by atoms with van der Waals surface area (Å²) in [5, 5.41) is 1.44. The zero-order valence-corrected chi connectivity index (χ0v) is 13.3. The van der Waals surface area contributed by atoms with E-state index in [4.69, 9.17) is 0 Å². The monoisotopic (exact) mass is 280 g/mol. The quantitative estimate of drug-likeness (QED) is 0.761. The topological polar surface area (TPSA) is 17.1 Å². The summed E-state index contributed by atoms with van der Waals surface area (Å²) in [7, 11) is -1.45. The molecule has 0 heterocycles. The van der Waals surface area contributed by atoms with Crippen molar-refractivity contribution in [1.29, 1.82) is 0 Å². The highest BCUT2D eigenvalue weighted by Gasteiger charge is 2.35. The second-order valence-corrected chi connectivity index (χ2v) is 11.6. The molecule has 0 aromatic heterocycles. The molecule has 0 saturated heterocycles. The minimum Gasteiger partial charge on any atom is -0.294 e. The third-order valence-corrected chi connectivity index (χ3v) is 6.21. The van der Waals surface area contributed by atoms with E-state index in [1.54, 1.807) is 0 Å². The molecule has 1 aliphatic carbocycles. The van der Waals surface area contributed by atoms with Crippen molar-refractivity contribution in [2.75, 3.05) is 0 Å². The van der Waals surface area contributed by atoms with Crippen molar-refractivity contribution in [2.24, 2.45) is 0 Å². The molecule has 2 heteroatoms. The number of carbonyl (C=O) groups excluding carboxylic acids is 1. The highest BCUT2D eigenvalue weighted by atomic mass is 28.3. The number of rotatable bonds is 2. The maximum absolute atomic E-state index is 12.3. The van der Waals surface area contributed by atoms with Gasteiger partial charge >= 0.3 is 0 Å². The molecule has 0 N–H and O–H groups in total. The molecule has 1 nitrogen and oxygen atoms in total. The van der Waals surface area contributed by atoms with Crippen LogP contribution < -0.4 is 5.19 Å². The van der Waals surface area contributed by atoms with Gasteiger partial charge in [-0.25, -0.2) is 0 Å². The molecule has 102 valence electrons. The zero-order valence-electron chi connectivity index (χ0n) is 12.3. The van der Waals surface area contributed by atoms with Crippen LogP contribution in [0.3, 0.4) is 0 Å². The molecule has 0 amide bonds. The van der Waals surface area contributed by atoms with E-state index < -0.39 is 8.07 Å². The molecule has 0 unspecified atom stereocenters. The van der Waals surface area contributed by atoms with Crippen LogP contribution in [-0.4, -0.2) is 13.9 Å². The first kappa shape index (κ1) is 13.3. The average molecular weight is 280 g/mol. The fourth-order valence-corrected chi connectivity index (χ4v) is 4.92. The molecule has 2 aromatic carbocycles. The summed E-state index contributed by atoms with van der Waals surface area (Å²) in [6.07, 6.45) is 0.626. The maximum atomic E-state index is 12.3. The lowest BCUT2D eigenvalue weighted by Crippen LogP contribution is -2.40. The maximum Gasteiger partial charge on any atom is 0.164 e. The van der Waals surface area contributed by atoms with Crippen LogP contribution >= 0.6 is 0 Å². The van der Waals surface area contributed by atoms with Crippen molar-refractivity contribution >= 4 is 19.0 Å². The summed E-state index contributed by atoms with van der Waals surface area (Å²) in [5.74, 6) is 0.551. The highest BCUT2D eigenvalue weighted by molar-refractivity contribution is 6.89. The van der Waals surface area contributed by atoms with E-state index in [0.717, 1.165) is 5.56 Å². The Kier molecular flexibility index (Phi) is 3.13. The number of benzene rings is 2. The minimum atomic E-state index is -1.45. The summed E-state index contributed by atoms with van der Waals surface area (Å²) < 4.78 is 0. The van der Waals surface area contributed by atoms with Crippen LogP contribution in [0.15, 0.2) is 48.5 Å². The first-order valence-corrected chi connectivity index (χ1v) is 10.7. The third kappa shape index (κ3) is 2.14. The molecule has 0 saturated carbocycles. The fourth-order valence-electron chi connectivity index (χ4n) is 3.21. The van der Waals surface area contributed by atoms with Gasteiger partial charge in [0.1, 0.15) is 0 Å². The molecule has 2 aromatic rings. The van der Waals surface area contributed by atoms with Crippen molar-refractivity contribution in [2.45, 2.75) is 32.0 Å². The van der Waals surface area contributed by atoms with E-state index in [0.29, 0.717) is 12.2 Å². The van der Waals surface area contributed by atoms with Crippen LogP contribution in [-0.2, 0) is 0 Å². The first-order chi connectivity index (χ1) is 9.48. The Morgan fingerprint density at radius 1 is 0.950 bits per heavy atom. The molecule has 0 aliphatic heterocycles. The lowest BCUT2D eigenvalue weighted by atomic mass is 9.93. The molecule has 0 bridgehead atoms. The first-order valence-electron chi connectivity index (χ1n) is 7.20. The lowest BCUT2D eigenvalue weighted by Gasteiger charge is -2.24. The predicted octanol–water partition coefficient (Wildman–Crippen LogP) is 3.95. The van der Waals surface area contributed by atoms with E-state index in [-0.39, 0.29) is 5.92 Å². The minimum absolute atomic E-state index is 0.252. The van der Waals surface area contributed by atoms with Gasteiger partial charge in [-0.1, -0.05) is 73.4 Å². The predicted molar refractivity (Wildman–Crippen MR) is 86.7 cm³/mol. The van der Waals surface area contributed by atoms with Gasteiger partial charge in [0.05, 0.1) is 8.07 Å². The lowest BCUT2D eigenvalue weighted by molar-refractivity contribution is 0.0991. The molecule has 0 fully saturated rings. The molecular formula is C18H20OSi. The largest absolute Gasteiger partial charge is 0.294 e. The Balaban J connectivity index is 2.21. The Hall–Kier alpha value is -1.67. The SMILES string of the molecule is C[Si](C)(C)c1cccc2c1[C@H](c1ccccc1)CC2=O. The Morgan fingerprint density at radius 2 is 1.65 bits per heavy atom. The van der Waals surface area contributed by atoms with Crippen molar-refractivity contribution in [3.05, 3.63) is 65.2 Å². The molecule has 3 rings (SSSR count). The van der Waals surface area contributed by atoms with Gasteiger partial charge in [0, 0.05) is 17.9 Å².